The van der Waals surface area contributed by atoms with Crippen LogP contribution in [0.25, 0.3) is 27.4 Å². The Bertz CT molecular complexity index is 1260. The highest BCUT2D eigenvalue weighted by Crippen LogP contribution is 2.35. The van der Waals surface area contributed by atoms with Crippen molar-refractivity contribution in [1.29, 1.82) is 0 Å². The van der Waals surface area contributed by atoms with E-state index >= 15 is 0 Å². The van der Waals surface area contributed by atoms with E-state index in [1.807, 2.05) is 48.8 Å². The lowest BCUT2D eigenvalue weighted by Gasteiger charge is -2.28. The molecule has 1 aliphatic rings. The van der Waals surface area contributed by atoms with Gasteiger partial charge in [-0.05, 0) is 36.3 Å². The summed E-state index contributed by atoms with van der Waals surface area (Å²) >= 11 is 12.5. The number of fused-ring (bicyclic) bond motifs is 2. The molecule has 5 nitrogen and oxygen atoms in total. The van der Waals surface area contributed by atoms with Crippen molar-refractivity contribution in [2.75, 3.05) is 26.2 Å². The summed E-state index contributed by atoms with van der Waals surface area (Å²) in [6.45, 7) is 2.50. The molecule has 7 heteroatoms. The minimum absolute atomic E-state index is 0.263. The third-order valence-corrected chi connectivity index (χ3v) is 6.64. The second kappa shape index (κ2) is 8.60. The fraction of sp³-hybridized carbons (Fsp3) is 0.250. The van der Waals surface area contributed by atoms with Gasteiger partial charge in [0, 0.05) is 53.9 Å². The Kier molecular flexibility index (Phi) is 5.67. The second-order valence-electron chi connectivity index (χ2n) is 7.89. The van der Waals surface area contributed by atoms with E-state index in [4.69, 9.17) is 27.9 Å². The summed E-state index contributed by atoms with van der Waals surface area (Å²) in [7, 11) is 0. The van der Waals surface area contributed by atoms with Crippen LogP contribution in [0.3, 0.4) is 0 Å². The Morgan fingerprint density at radius 3 is 2.84 bits per heavy atom. The van der Waals surface area contributed by atoms with Crippen LogP contribution in [0, 0.1) is 0 Å². The Hall–Kier alpha value is -2.44. The first-order chi connectivity index (χ1) is 15.1. The molecule has 1 aliphatic heterocycles. The predicted molar refractivity (Wildman–Crippen MR) is 127 cm³/mol. The Balaban J connectivity index is 1.20. The summed E-state index contributed by atoms with van der Waals surface area (Å²) in [5, 5.41) is 13.7. The number of aliphatic hydroxyl groups excluding tert-OH is 1. The molecule has 0 fully saturated rings. The molecule has 0 bridgehead atoms. The number of ether oxygens (including phenoxy) is 1. The molecule has 0 spiro atoms. The molecule has 0 aliphatic carbocycles. The van der Waals surface area contributed by atoms with Crippen molar-refractivity contribution >= 4 is 50.6 Å². The Morgan fingerprint density at radius 2 is 2.00 bits per heavy atom. The zero-order valence-corrected chi connectivity index (χ0v) is 18.4. The molecular weight excluding hydrogens is 433 g/mol. The number of β-amino-alcohol motifs (C(OH)–C–C–N with tert-alkyl or cyclic N) is 1. The third kappa shape index (κ3) is 4.06. The average molecular weight is 456 g/mol. The van der Waals surface area contributed by atoms with Gasteiger partial charge in [0.2, 0.25) is 0 Å². The highest BCUT2D eigenvalue weighted by atomic mass is 35.5. The minimum atomic E-state index is -0.557. The smallest absolute Gasteiger partial charge is 0.128 e. The molecule has 0 saturated carbocycles. The zero-order chi connectivity index (χ0) is 21.4. The van der Waals surface area contributed by atoms with Crippen LogP contribution in [-0.2, 0) is 0 Å². The number of hydrogen-bond acceptors (Lipinski definition) is 3. The maximum atomic E-state index is 10.5. The van der Waals surface area contributed by atoms with Gasteiger partial charge in [0.1, 0.15) is 18.5 Å². The van der Waals surface area contributed by atoms with Gasteiger partial charge in [0.05, 0.1) is 15.6 Å². The third-order valence-electron chi connectivity index (χ3n) is 5.84. The maximum Gasteiger partial charge on any atom is 0.128 e. The van der Waals surface area contributed by atoms with Crippen molar-refractivity contribution in [2.45, 2.75) is 12.5 Å². The first-order valence-electron chi connectivity index (χ1n) is 10.3. The first-order valence-corrected chi connectivity index (χ1v) is 11.1. The number of aromatic nitrogens is 2. The Morgan fingerprint density at radius 1 is 1.10 bits per heavy atom. The van der Waals surface area contributed by atoms with E-state index < -0.39 is 6.10 Å². The number of H-pyrrole nitrogens is 2. The second-order valence-corrected chi connectivity index (χ2v) is 8.67. The summed E-state index contributed by atoms with van der Waals surface area (Å²) in [6.07, 6.45) is 6.46. The van der Waals surface area contributed by atoms with Gasteiger partial charge in [-0.3, -0.25) is 4.90 Å². The fourth-order valence-electron chi connectivity index (χ4n) is 4.24. The van der Waals surface area contributed by atoms with Crippen LogP contribution < -0.4 is 4.74 Å². The van der Waals surface area contributed by atoms with Crippen LogP contribution in [0.2, 0.25) is 10.0 Å². The normalized spacial score (nSPS) is 16.0. The van der Waals surface area contributed by atoms with Crippen molar-refractivity contribution in [3.8, 4) is 5.75 Å². The largest absolute Gasteiger partial charge is 0.490 e. The molecule has 1 atom stereocenters. The van der Waals surface area contributed by atoms with E-state index in [-0.39, 0.29) is 6.61 Å². The molecule has 31 heavy (non-hydrogen) atoms. The van der Waals surface area contributed by atoms with Crippen LogP contribution in [0.1, 0.15) is 12.0 Å². The summed E-state index contributed by atoms with van der Waals surface area (Å²) in [6, 6.07) is 11.7. The van der Waals surface area contributed by atoms with Crippen molar-refractivity contribution in [2.24, 2.45) is 0 Å². The van der Waals surface area contributed by atoms with Gasteiger partial charge in [-0.2, -0.15) is 0 Å². The van der Waals surface area contributed by atoms with Gasteiger partial charge in [0.15, 0.2) is 0 Å². The van der Waals surface area contributed by atoms with E-state index in [1.54, 1.807) is 0 Å². The van der Waals surface area contributed by atoms with Gasteiger partial charge in [-0.1, -0.05) is 41.4 Å². The molecule has 0 saturated heterocycles. The molecule has 2 aromatic heterocycles. The lowest BCUT2D eigenvalue weighted by atomic mass is 9.99. The SMILES string of the molecule is O[C@H](COc1cccc2[nH]ccc12)CN1CC=C(c2c[nH]c3c(Cl)c(Cl)ccc23)CC1. The van der Waals surface area contributed by atoms with Crippen LogP contribution in [0.4, 0.5) is 0 Å². The molecule has 0 amide bonds. The highest BCUT2D eigenvalue weighted by Gasteiger charge is 2.19. The first kappa shape index (κ1) is 20.5. The van der Waals surface area contributed by atoms with E-state index in [9.17, 15) is 5.11 Å². The Labute approximate surface area is 190 Å². The van der Waals surface area contributed by atoms with E-state index in [0.29, 0.717) is 16.6 Å². The van der Waals surface area contributed by atoms with Crippen molar-refractivity contribution in [3.05, 3.63) is 70.5 Å². The predicted octanol–water partition coefficient (Wildman–Crippen LogP) is 5.49. The van der Waals surface area contributed by atoms with E-state index in [0.717, 1.165) is 52.6 Å². The van der Waals surface area contributed by atoms with Crippen molar-refractivity contribution < 1.29 is 9.84 Å². The van der Waals surface area contributed by atoms with Crippen LogP contribution in [-0.4, -0.2) is 52.3 Å². The number of nitrogens with zero attached hydrogens (tertiary/aromatic N) is 1. The van der Waals surface area contributed by atoms with Gasteiger partial charge in [-0.15, -0.1) is 0 Å². The van der Waals surface area contributed by atoms with Gasteiger partial charge in [-0.25, -0.2) is 0 Å². The molecule has 5 rings (SSSR count). The fourth-order valence-corrected chi connectivity index (χ4v) is 4.62. The summed E-state index contributed by atoms with van der Waals surface area (Å²) in [5.74, 6) is 0.789. The lowest BCUT2D eigenvalue weighted by Crippen LogP contribution is -2.38. The van der Waals surface area contributed by atoms with E-state index in [2.05, 4.69) is 20.9 Å². The number of aliphatic hydroxyl groups is 1. The lowest BCUT2D eigenvalue weighted by molar-refractivity contribution is 0.0722. The summed E-state index contributed by atoms with van der Waals surface area (Å²) < 4.78 is 5.89. The molecule has 4 aromatic rings. The van der Waals surface area contributed by atoms with Gasteiger partial charge < -0.3 is 19.8 Å². The van der Waals surface area contributed by atoms with Crippen molar-refractivity contribution in [1.82, 2.24) is 14.9 Å². The number of halogens is 2. The quantitative estimate of drug-likeness (QED) is 0.360. The molecule has 3 N–H and O–H groups in total. The average Bonchev–Trinajstić information content (AvgIpc) is 3.43. The number of benzene rings is 2. The molecule has 160 valence electrons. The molecule has 0 unspecified atom stereocenters. The van der Waals surface area contributed by atoms with Crippen LogP contribution in [0.15, 0.2) is 54.9 Å². The number of hydrogen-bond donors (Lipinski definition) is 3. The molecular formula is C24H23Cl2N3O2. The summed E-state index contributed by atoms with van der Waals surface area (Å²) in [5.41, 5.74) is 4.35. The number of aromatic amines is 2. The molecule has 0 radical (unpaired) electrons. The van der Waals surface area contributed by atoms with Gasteiger partial charge >= 0.3 is 0 Å². The highest BCUT2D eigenvalue weighted by molar-refractivity contribution is 6.45. The van der Waals surface area contributed by atoms with Crippen molar-refractivity contribution in [3.63, 3.8) is 0 Å². The van der Waals surface area contributed by atoms with Crippen LogP contribution in [0.5, 0.6) is 5.75 Å². The molecule has 2 aromatic carbocycles. The standard InChI is InChI=1S/C24H23Cl2N3O2/c25-20-5-4-17-19(12-28-24(17)23(20)26)15-7-10-29(11-8-15)13-16(30)14-31-22-3-1-2-21-18(22)6-9-27-21/h1-7,9,12,16,27-28,30H,8,10-11,13-14H2/t16-/m0/s1. The van der Waals surface area contributed by atoms with Gasteiger partial charge in [0.25, 0.3) is 0 Å². The zero-order valence-electron chi connectivity index (χ0n) is 16.9. The maximum absolute atomic E-state index is 10.5. The minimum Gasteiger partial charge on any atom is -0.490 e. The monoisotopic (exact) mass is 455 g/mol. The molecule has 3 heterocycles. The van der Waals surface area contributed by atoms with E-state index in [1.165, 1.54) is 5.57 Å². The van der Waals surface area contributed by atoms with Crippen LogP contribution >= 0.6 is 23.2 Å². The number of nitrogens with one attached hydrogen (secondary N) is 2. The number of rotatable bonds is 6. The topological polar surface area (TPSA) is 64.3 Å². The summed E-state index contributed by atoms with van der Waals surface area (Å²) in [4.78, 5) is 8.67.